The van der Waals surface area contributed by atoms with Gasteiger partial charge in [-0.05, 0) is 30.0 Å². The molecule has 4 heteroatoms. The molecule has 0 saturated carbocycles. The highest BCUT2D eigenvalue weighted by molar-refractivity contribution is 7.22. The third-order valence-corrected chi connectivity index (χ3v) is 3.59. The fourth-order valence-electron chi connectivity index (χ4n) is 1.68. The molecule has 0 aliphatic heterocycles. The zero-order valence-corrected chi connectivity index (χ0v) is 9.54. The lowest BCUT2D eigenvalue weighted by Crippen LogP contribution is -1.81. The Kier molecular flexibility index (Phi) is 1.97. The molecule has 3 rings (SSSR count). The lowest BCUT2D eigenvalue weighted by atomic mass is 10.2. The molecule has 0 aliphatic carbocycles. The van der Waals surface area contributed by atoms with E-state index in [0.717, 1.165) is 4.88 Å². The number of benzene rings is 1. The van der Waals surface area contributed by atoms with Gasteiger partial charge in [0.25, 0.3) is 0 Å². The molecule has 16 heavy (non-hydrogen) atoms. The first-order valence-corrected chi connectivity index (χ1v) is 5.76. The second-order valence-electron chi connectivity index (χ2n) is 3.76. The Bertz CT molecular complexity index is 654. The van der Waals surface area contributed by atoms with E-state index in [9.17, 15) is 0 Å². The van der Waals surface area contributed by atoms with Crippen molar-refractivity contribution < 1.29 is 4.52 Å². The highest BCUT2D eigenvalue weighted by atomic mass is 32.1. The van der Waals surface area contributed by atoms with Gasteiger partial charge in [0, 0.05) is 4.70 Å². The number of nitrogen functional groups attached to an aromatic ring is 1. The predicted octanol–water partition coefficient (Wildman–Crippen LogP) is 3.45. The van der Waals surface area contributed by atoms with Gasteiger partial charge < -0.3 is 10.3 Å². The minimum absolute atomic E-state index is 0.586. The molecule has 0 fully saturated rings. The average molecular weight is 230 g/mol. The summed E-state index contributed by atoms with van der Waals surface area (Å²) in [6, 6.07) is 8.45. The molecule has 3 aromatic rings. The van der Waals surface area contributed by atoms with Gasteiger partial charge in [0.05, 0.1) is 11.1 Å². The zero-order chi connectivity index (χ0) is 11.1. The van der Waals surface area contributed by atoms with Crippen molar-refractivity contribution in [2.24, 2.45) is 0 Å². The number of hydrogen-bond donors (Lipinski definition) is 1. The van der Waals surface area contributed by atoms with Gasteiger partial charge in [0.1, 0.15) is 5.69 Å². The highest BCUT2D eigenvalue weighted by Crippen LogP contribution is 2.36. The van der Waals surface area contributed by atoms with E-state index in [0.29, 0.717) is 11.4 Å². The van der Waals surface area contributed by atoms with Crippen LogP contribution >= 0.6 is 11.3 Å². The smallest absolute Gasteiger partial charge is 0.199 e. The molecule has 0 bridgehead atoms. The largest absolute Gasteiger partial charge is 0.394 e. The Balaban J connectivity index is 2.23. The van der Waals surface area contributed by atoms with Crippen molar-refractivity contribution in [3.05, 3.63) is 36.0 Å². The van der Waals surface area contributed by atoms with Crippen molar-refractivity contribution in [2.45, 2.75) is 6.92 Å². The van der Waals surface area contributed by atoms with E-state index in [2.05, 4.69) is 36.3 Å². The van der Waals surface area contributed by atoms with E-state index in [1.165, 1.54) is 21.8 Å². The number of aromatic nitrogens is 1. The van der Waals surface area contributed by atoms with Crippen molar-refractivity contribution in [3.8, 4) is 10.6 Å². The van der Waals surface area contributed by atoms with E-state index in [1.807, 2.05) is 0 Å². The van der Waals surface area contributed by atoms with E-state index in [4.69, 9.17) is 10.3 Å². The van der Waals surface area contributed by atoms with Crippen LogP contribution in [0.4, 0.5) is 5.69 Å². The molecule has 0 aliphatic rings. The zero-order valence-electron chi connectivity index (χ0n) is 8.73. The summed E-state index contributed by atoms with van der Waals surface area (Å²) in [5, 5.41) is 4.90. The topological polar surface area (TPSA) is 52.0 Å². The van der Waals surface area contributed by atoms with Gasteiger partial charge in [0.15, 0.2) is 5.76 Å². The van der Waals surface area contributed by atoms with Crippen LogP contribution in [0, 0.1) is 6.92 Å². The van der Waals surface area contributed by atoms with Crippen molar-refractivity contribution in [1.82, 2.24) is 5.16 Å². The molecular formula is C12H10N2OS. The van der Waals surface area contributed by atoms with E-state index >= 15 is 0 Å². The predicted molar refractivity (Wildman–Crippen MR) is 66.5 cm³/mol. The van der Waals surface area contributed by atoms with Crippen LogP contribution in [0.2, 0.25) is 0 Å². The first-order chi connectivity index (χ1) is 7.74. The third kappa shape index (κ3) is 1.39. The summed E-state index contributed by atoms with van der Waals surface area (Å²) in [7, 11) is 0. The first-order valence-electron chi connectivity index (χ1n) is 4.95. The number of rotatable bonds is 1. The Morgan fingerprint density at radius 2 is 2.19 bits per heavy atom. The molecule has 80 valence electrons. The van der Waals surface area contributed by atoms with Crippen molar-refractivity contribution in [2.75, 3.05) is 5.73 Å². The van der Waals surface area contributed by atoms with Crippen LogP contribution in [0.25, 0.3) is 20.7 Å². The van der Waals surface area contributed by atoms with Crippen molar-refractivity contribution >= 4 is 27.1 Å². The van der Waals surface area contributed by atoms with Crippen LogP contribution in [-0.4, -0.2) is 5.16 Å². The maximum atomic E-state index is 5.77. The summed E-state index contributed by atoms with van der Waals surface area (Å²) in [4.78, 5) is 1.02. The van der Waals surface area contributed by atoms with Crippen LogP contribution in [0.5, 0.6) is 0 Å². The average Bonchev–Trinajstić information content (AvgIpc) is 2.82. The van der Waals surface area contributed by atoms with Crippen LogP contribution in [-0.2, 0) is 0 Å². The minimum atomic E-state index is 0.586. The van der Waals surface area contributed by atoms with Gasteiger partial charge in [-0.15, -0.1) is 11.3 Å². The Morgan fingerprint density at radius 3 is 2.94 bits per heavy atom. The van der Waals surface area contributed by atoms with Crippen LogP contribution in [0.3, 0.4) is 0 Å². The first kappa shape index (κ1) is 9.42. The lowest BCUT2D eigenvalue weighted by Gasteiger charge is -1.90. The molecule has 0 saturated heterocycles. The van der Waals surface area contributed by atoms with Crippen LogP contribution < -0.4 is 5.73 Å². The molecule has 1 aromatic carbocycles. The second kappa shape index (κ2) is 3.35. The summed E-state index contributed by atoms with van der Waals surface area (Å²) in [6.07, 6.45) is 1.53. The maximum Gasteiger partial charge on any atom is 0.199 e. The Labute approximate surface area is 96.5 Å². The maximum absolute atomic E-state index is 5.77. The molecular weight excluding hydrogens is 220 g/mol. The summed E-state index contributed by atoms with van der Waals surface area (Å²) in [5.74, 6) is 0.666. The van der Waals surface area contributed by atoms with Gasteiger partial charge in [-0.2, -0.15) is 0 Å². The summed E-state index contributed by atoms with van der Waals surface area (Å²) in [5.41, 5.74) is 7.62. The number of nitrogens with zero attached hydrogens (tertiary/aromatic N) is 1. The lowest BCUT2D eigenvalue weighted by molar-refractivity contribution is 0.433. The van der Waals surface area contributed by atoms with E-state index < -0.39 is 0 Å². The van der Waals surface area contributed by atoms with Gasteiger partial charge in [0.2, 0.25) is 0 Å². The minimum Gasteiger partial charge on any atom is -0.394 e. The van der Waals surface area contributed by atoms with Gasteiger partial charge in [-0.3, -0.25) is 0 Å². The number of anilines is 1. The quantitative estimate of drug-likeness (QED) is 0.696. The number of fused-ring (bicyclic) bond motifs is 1. The molecule has 2 aromatic heterocycles. The highest BCUT2D eigenvalue weighted by Gasteiger charge is 2.11. The monoisotopic (exact) mass is 230 g/mol. The summed E-state index contributed by atoms with van der Waals surface area (Å²) >= 11 is 1.67. The Hall–Kier alpha value is -1.81. The normalized spacial score (nSPS) is 11.1. The summed E-state index contributed by atoms with van der Waals surface area (Å²) < 4.78 is 6.39. The number of nitrogens with two attached hydrogens (primary N) is 1. The molecule has 2 heterocycles. The molecule has 0 unspecified atom stereocenters. The van der Waals surface area contributed by atoms with Gasteiger partial charge in [-0.25, -0.2) is 0 Å². The molecule has 3 nitrogen and oxygen atoms in total. The molecule has 0 radical (unpaired) electrons. The van der Waals surface area contributed by atoms with Crippen LogP contribution in [0.1, 0.15) is 5.56 Å². The van der Waals surface area contributed by atoms with Crippen molar-refractivity contribution in [3.63, 3.8) is 0 Å². The fourth-order valence-corrected chi connectivity index (χ4v) is 2.84. The Morgan fingerprint density at radius 1 is 1.31 bits per heavy atom. The number of thiophene rings is 1. The fraction of sp³-hybridized carbons (Fsp3) is 0.0833. The molecule has 2 N–H and O–H groups in total. The standard InChI is InChI=1S/C12H10N2OS/c1-7-2-3-8-5-11(16-10(8)4-7)12-9(13)6-14-15-12/h2-6H,13H2,1H3. The third-order valence-electron chi connectivity index (χ3n) is 2.50. The number of hydrogen-bond acceptors (Lipinski definition) is 4. The van der Waals surface area contributed by atoms with Gasteiger partial charge >= 0.3 is 0 Å². The van der Waals surface area contributed by atoms with E-state index in [-0.39, 0.29) is 0 Å². The molecule has 0 spiro atoms. The van der Waals surface area contributed by atoms with E-state index in [1.54, 1.807) is 11.3 Å². The van der Waals surface area contributed by atoms with Crippen LogP contribution in [0.15, 0.2) is 35.0 Å². The molecule has 0 amide bonds. The van der Waals surface area contributed by atoms with Gasteiger partial charge in [-0.1, -0.05) is 17.3 Å². The summed E-state index contributed by atoms with van der Waals surface area (Å²) in [6.45, 7) is 2.08. The second-order valence-corrected chi connectivity index (χ2v) is 4.85. The SMILES string of the molecule is Cc1ccc2cc(-c3oncc3N)sc2c1. The number of aryl methyl sites for hydroxylation is 1. The van der Waals surface area contributed by atoms with Crippen molar-refractivity contribution in [1.29, 1.82) is 0 Å². The molecule has 0 atom stereocenters.